The van der Waals surface area contributed by atoms with Crippen LogP contribution in [-0.2, 0) is 24.4 Å². The second kappa shape index (κ2) is 9.31. The lowest BCUT2D eigenvalue weighted by Gasteiger charge is -2.13. The Morgan fingerprint density at radius 3 is 2.66 bits per heavy atom. The fourth-order valence-corrected chi connectivity index (χ4v) is 3.59. The smallest absolute Gasteiger partial charge is 0.274 e. The van der Waals surface area contributed by atoms with E-state index in [-0.39, 0.29) is 13.2 Å². The Labute approximate surface area is 197 Å². The van der Waals surface area contributed by atoms with Gasteiger partial charge in [0.2, 0.25) is 11.7 Å². The van der Waals surface area contributed by atoms with Crippen LogP contribution < -0.4 is 4.74 Å². The van der Waals surface area contributed by atoms with Crippen molar-refractivity contribution in [2.24, 2.45) is 0 Å². The maximum atomic E-state index is 13.4. The molecule has 0 saturated heterocycles. The third-order valence-electron chi connectivity index (χ3n) is 5.24. The summed E-state index contributed by atoms with van der Waals surface area (Å²) in [6, 6.07) is 12.3. The van der Waals surface area contributed by atoms with Crippen molar-refractivity contribution in [3.8, 4) is 17.4 Å². The van der Waals surface area contributed by atoms with Crippen molar-refractivity contribution in [3.63, 3.8) is 0 Å². The third kappa shape index (κ3) is 4.66. The number of benzene rings is 1. The molecule has 1 N–H and O–H groups in total. The normalized spacial score (nSPS) is 12.0. The molecule has 0 saturated carbocycles. The van der Waals surface area contributed by atoms with Crippen molar-refractivity contribution in [1.82, 2.24) is 30.0 Å². The molecular formula is C23H20F2N6O4. The third-order valence-corrected chi connectivity index (χ3v) is 5.24. The van der Waals surface area contributed by atoms with Crippen molar-refractivity contribution in [2.45, 2.75) is 25.6 Å². The molecule has 4 aromatic heterocycles. The summed E-state index contributed by atoms with van der Waals surface area (Å²) in [6.45, 7) is -0.900. The van der Waals surface area contributed by atoms with E-state index in [4.69, 9.17) is 19.1 Å². The first kappa shape index (κ1) is 22.7. The summed E-state index contributed by atoms with van der Waals surface area (Å²) in [7, 11) is 1.55. The number of fused-ring (bicyclic) bond motifs is 3. The van der Waals surface area contributed by atoms with Gasteiger partial charge in [0.25, 0.3) is 5.92 Å². The zero-order valence-electron chi connectivity index (χ0n) is 18.6. The Morgan fingerprint density at radius 1 is 1.09 bits per heavy atom. The van der Waals surface area contributed by atoms with E-state index in [1.807, 2.05) is 24.3 Å². The molecular weight excluding hydrogens is 462 g/mol. The van der Waals surface area contributed by atoms with Crippen LogP contribution >= 0.6 is 0 Å². The number of aromatic nitrogens is 6. The quantitative estimate of drug-likeness (QED) is 0.338. The van der Waals surface area contributed by atoms with Gasteiger partial charge in [0.15, 0.2) is 17.1 Å². The summed E-state index contributed by atoms with van der Waals surface area (Å²) in [5.74, 6) is -1.98. The summed E-state index contributed by atoms with van der Waals surface area (Å²) >= 11 is 0. The van der Waals surface area contributed by atoms with E-state index >= 15 is 0 Å². The van der Waals surface area contributed by atoms with Crippen LogP contribution in [0.2, 0.25) is 0 Å². The second-order valence-corrected chi connectivity index (χ2v) is 7.86. The molecule has 0 bridgehead atoms. The van der Waals surface area contributed by atoms with Crippen LogP contribution in [0.1, 0.15) is 17.0 Å². The van der Waals surface area contributed by atoms with Gasteiger partial charge in [-0.1, -0.05) is 29.4 Å². The van der Waals surface area contributed by atoms with E-state index in [1.54, 1.807) is 19.2 Å². The summed E-state index contributed by atoms with van der Waals surface area (Å²) < 4.78 is 44.7. The fraction of sp³-hybridized carbons (Fsp3) is 0.261. The second-order valence-electron chi connectivity index (χ2n) is 7.86. The molecule has 0 aliphatic heterocycles. The van der Waals surface area contributed by atoms with Crippen LogP contribution in [0.15, 0.2) is 53.2 Å². The Morgan fingerprint density at radius 2 is 1.91 bits per heavy atom. The minimum absolute atomic E-state index is 0.0541. The van der Waals surface area contributed by atoms with E-state index in [0.29, 0.717) is 40.1 Å². The average molecular weight is 482 g/mol. The number of aliphatic hydroxyl groups excluding tert-OH is 1. The highest BCUT2D eigenvalue weighted by atomic mass is 19.3. The molecule has 0 unspecified atom stereocenters. The number of aliphatic hydroxyl groups is 1. The van der Waals surface area contributed by atoms with Crippen molar-refractivity contribution in [2.75, 3.05) is 13.7 Å². The van der Waals surface area contributed by atoms with Crippen molar-refractivity contribution >= 4 is 16.4 Å². The highest BCUT2D eigenvalue weighted by Crippen LogP contribution is 2.29. The lowest BCUT2D eigenvalue weighted by Crippen LogP contribution is -2.24. The van der Waals surface area contributed by atoms with E-state index in [0.717, 1.165) is 10.8 Å². The monoisotopic (exact) mass is 482 g/mol. The van der Waals surface area contributed by atoms with Gasteiger partial charge in [-0.2, -0.15) is 4.52 Å². The molecule has 12 heteroatoms. The molecule has 5 rings (SSSR count). The Balaban J connectivity index is 1.45. The number of rotatable bonds is 9. The van der Waals surface area contributed by atoms with Gasteiger partial charge in [0.05, 0.1) is 5.69 Å². The molecule has 0 radical (unpaired) electrons. The molecule has 0 atom stereocenters. The predicted molar refractivity (Wildman–Crippen MR) is 119 cm³/mol. The number of halogens is 2. The fourth-order valence-electron chi connectivity index (χ4n) is 3.59. The number of methoxy groups -OCH3 is 1. The minimum atomic E-state index is -3.19. The number of hydrogen-bond acceptors (Lipinski definition) is 9. The maximum absolute atomic E-state index is 13.4. The van der Waals surface area contributed by atoms with Crippen LogP contribution in [0.3, 0.4) is 0 Å². The van der Waals surface area contributed by atoms with Gasteiger partial charge in [0.1, 0.15) is 19.8 Å². The molecule has 1 aromatic carbocycles. The van der Waals surface area contributed by atoms with Gasteiger partial charge >= 0.3 is 0 Å². The summed E-state index contributed by atoms with van der Waals surface area (Å²) in [4.78, 5) is 4.20. The molecule has 0 aliphatic carbocycles. The largest absolute Gasteiger partial charge is 0.470 e. The van der Waals surface area contributed by atoms with Crippen LogP contribution in [0.5, 0.6) is 5.88 Å². The van der Waals surface area contributed by atoms with Gasteiger partial charge in [-0.05, 0) is 17.7 Å². The van der Waals surface area contributed by atoms with Crippen LogP contribution in [0.4, 0.5) is 8.78 Å². The van der Waals surface area contributed by atoms with E-state index in [1.165, 1.54) is 16.8 Å². The van der Waals surface area contributed by atoms with E-state index in [9.17, 15) is 8.78 Å². The first-order valence-corrected chi connectivity index (χ1v) is 10.6. The molecule has 10 nitrogen and oxygen atoms in total. The number of ether oxygens (including phenoxy) is 2. The van der Waals surface area contributed by atoms with Gasteiger partial charge in [-0.25, -0.2) is 8.78 Å². The molecule has 0 fully saturated rings. The predicted octanol–water partition coefficient (Wildman–Crippen LogP) is 3.22. The highest BCUT2D eigenvalue weighted by Gasteiger charge is 2.28. The Hall–Kier alpha value is -4.03. The number of pyridine rings is 1. The van der Waals surface area contributed by atoms with Crippen molar-refractivity contribution in [1.29, 1.82) is 0 Å². The standard InChI is InChI=1S/C23H20F2N6O4/c1-33-12-16-8-19(30-35-16)21-28-27-20-17-4-2-3-5-18(17)22(29-31(20)21)34-11-15-7-6-14(10-26-15)9-23(24,25)13-32/h2-8,10,32H,9,11-13H2,1H3. The molecule has 5 aromatic rings. The van der Waals surface area contributed by atoms with Gasteiger partial charge in [-0.3, -0.25) is 4.98 Å². The first-order valence-electron chi connectivity index (χ1n) is 10.6. The topological polar surface area (TPSA) is 121 Å². The zero-order valence-corrected chi connectivity index (χ0v) is 18.6. The van der Waals surface area contributed by atoms with E-state index in [2.05, 4.69) is 25.4 Å². The minimum Gasteiger partial charge on any atom is -0.470 e. The lowest BCUT2D eigenvalue weighted by atomic mass is 10.1. The zero-order chi connectivity index (χ0) is 24.4. The van der Waals surface area contributed by atoms with Crippen LogP contribution in [-0.4, -0.2) is 54.7 Å². The number of hydrogen-bond donors (Lipinski definition) is 1. The van der Waals surface area contributed by atoms with E-state index < -0.39 is 19.0 Å². The van der Waals surface area contributed by atoms with Crippen LogP contribution in [0, 0.1) is 0 Å². The molecule has 0 aliphatic rings. The molecule has 0 spiro atoms. The van der Waals surface area contributed by atoms with Gasteiger partial charge in [-0.15, -0.1) is 15.3 Å². The Kier molecular flexibility index (Phi) is 6.05. The molecule has 4 heterocycles. The lowest BCUT2D eigenvalue weighted by molar-refractivity contribution is -0.0488. The molecule has 180 valence electrons. The van der Waals surface area contributed by atoms with Gasteiger partial charge < -0.3 is 19.1 Å². The maximum Gasteiger partial charge on any atom is 0.274 e. The summed E-state index contributed by atoms with van der Waals surface area (Å²) in [5.41, 5.74) is 1.80. The SMILES string of the molecule is COCc1cc(-c2nnc3c4ccccc4c(OCc4ccc(CC(F)(F)CO)cn4)nn23)no1. The van der Waals surface area contributed by atoms with Gasteiger partial charge in [0, 0.05) is 36.6 Å². The number of alkyl halides is 2. The molecule has 35 heavy (non-hydrogen) atoms. The summed E-state index contributed by atoms with van der Waals surface area (Å²) in [5, 5.41) is 27.4. The Bertz CT molecular complexity index is 1470. The highest BCUT2D eigenvalue weighted by molar-refractivity contribution is 5.96. The summed E-state index contributed by atoms with van der Waals surface area (Å²) in [6.07, 6.45) is 0.752. The average Bonchev–Trinajstić information content (AvgIpc) is 3.50. The number of nitrogens with zero attached hydrogens (tertiary/aromatic N) is 6. The molecule has 0 amide bonds. The van der Waals surface area contributed by atoms with Crippen LogP contribution in [0.25, 0.3) is 27.9 Å². The van der Waals surface area contributed by atoms with Crippen molar-refractivity contribution in [3.05, 3.63) is 65.7 Å². The first-order chi connectivity index (χ1) is 17.0. The van der Waals surface area contributed by atoms with Crippen molar-refractivity contribution < 1.29 is 27.9 Å².